The molecule has 1 aliphatic heterocycles. The van der Waals surface area contributed by atoms with Crippen molar-refractivity contribution in [2.45, 2.75) is 56.4 Å². The van der Waals surface area contributed by atoms with Crippen LogP contribution in [-0.2, 0) is 26.0 Å². The van der Waals surface area contributed by atoms with Crippen LogP contribution < -0.4 is 10.0 Å². The third kappa shape index (κ3) is 5.33. The highest BCUT2D eigenvalue weighted by atomic mass is 32.2. The van der Waals surface area contributed by atoms with Crippen LogP contribution >= 0.6 is 11.3 Å². The van der Waals surface area contributed by atoms with E-state index in [0.717, 1.165) is 31.2 Å². The summed E-state index contributed by atoms with van der Waals surface area (Å²) >= 11 is 1.21. The lowest BCUT2D eigenvalue weighted by Crippen LogP contribution is -2.35. The Bertz CT molecular complexity index is 1080. The van der Waals surface area contributed by atoms with Gasteiger partial charge in [0.2, 0.25) is 27.0 Å². The Morgan fingerprint density at radius 3 is 2.62 bits per heavy atom. The number of carbonyl (C=O) groups excluding carboxylic acids is 2. The van der Waals surface area contributed by atoms with E-state index in [1.807, 2.05) is 11.8 Å². The zero-order chi connectivity index (χ0) is 22.7. The van der Waals surface area contributed by atoms with Crippen molar-refractivity contribution in [2.24, 2.45) is 5.92 Å². The summed E-state index contributed by atoms with van der Waals surface area (Å²) in [6.45, 7) is 2.53. The molecular formula is C21H27N5O4S2. The monoisotopic (exact) mass is 477 g/mol. The van der Waals surface area contributed by atoms with Crippen molar-refractivity contribution in [1.82, 2.24) is 19.8 Å². The molecule has 4 rings (SSSR count). The molecule has 1 aliphatic carbocycles. The molecule has 2 aromatic rings. The van der Waals surface area contributed by atoms with Gasteiger partial charge in [-0.25, -0.2) is 13.1 Å². The van der Waals surface area contributed by atoms with E-state index in [9.17, 15) is 18.0 Å². The number of anilines is 1. The Hall–Kier alpha value is -2.37. The summed E-state index contributed by atoms with van der Waals surface area (Å²) in [5, 5.41) is 11.8. The van der Waals surface area contributed by atoms with Crippen LogP contribution in [0, 0.1) is 12.8 Å². The van der Waals surface area contributed by atoms with Gasteiger partial charge in [0.25, 0.3) is 0 Å². The molecule has 1 saturated carbocycles. The van der Waals surface area contributed by atoms with Crippen LogP contribution in [0.5, 0.6) is 0 Å². The summed E-state index contributed by atoms with van der Waals surface area (Å²) in [5.41, 5.74) is 0.987. The molecule has 0 spiro atoms. The lowest BCUT2D eigenvalue weighted by molar-refractivity contribution is -0.129. The Kier molecular flexibility index (Phi) is 6.87. The highest BCUT2D eigenvalue weighted by Gasteiger charge is 2.38. The maximum absolute atomic E-state index is 12.6. The number of nitrogens with zero attached hydrogens (tertiary/aromatic N) is 3. The van der Waals surface area contributed by atoms with Gasteiger partial charge in [0.15, 0.2) is 0 Å². The molecule has 2 fully saturated rings. The molecule has 1 atom stereocenters. The van der Waals surface area contributed by atoms with Gasteiger partial charge in [-0.05, 0) is 31.9 Å². The van der Waals surface area contributed by atoms with Gasteiger partial charge in [-0.1, -0.05) is 41.9 Å². The molecule has 1 aromatic carbocycles. The van der Waals surface area contributed by atoms with E-state index in [4.69, 9.17) is 0 Å². The Labute approximate surface area is 191 Å². The molecule has 0 radical (unpaired) electrons. The SMILES string of the molecule is Cc1ccc(S(=O)(=O)NCCc2nnc(NC(=O)C3CC(=O)N(C4CCCC4)C3)s2)cc1. The molecule has 2 aliphatic rings. The van der Waals surface area contributed by atoms with E-state index < -0.39 is 10.0 Å². The summed E-state index contributed by atoms with van der Waals surface area (Å²) in [5.74, 6) is -0.547. The Balaban J connectivity index is 1.26. The summed E-state index contributed by atoms with van der Waals surface area (Å²) in [7, 11) is -3.59. The van der Waals surface area contributed by atoms with Crippen molar-refractivity contribution in [1.29, 1.82) is 0 Å². The number of hydrogen-bond acceptors (Lipinski definition) is 7. The van der Waals surface area contributed by atoms with Crippen molar-refractivity contribution in [3.63, 3.8) is 0 Å². The van der Waals surface area contributed by atoms with Crippen molar-refractivity contribution >= 4 is 38.3 Å². The number of sulfonamides is 1. The molecule has 172 valence electrons. The first-order valence-corrected chi connectivity index (χ1v) is 13.1. The maximum Gasteiger partial charge on any atom is 0.240 e. The van der Waals surface area contributed by atoms with Crippen LogP contribution in [0.1, 0.15) is 42.7 Å². The minimum atomic E-state index is -3.59. The zero-order valence-electron chi connectivity index (χ0n) is 17.9. The third-order valence-electron chi connectivity index (χ3n) is 5.95. The van der Waals surface area contributed by atoms with Crippen LogP contribution in [0.15, 0.2) is 29.2 Å². The first-order valence-electron chi connectivity index (χ1n) is 10.8. The fourth-order valence-corrected chi connectivity index (χ4v) is 5.96. The van der Waals surface area contributed by atoms with Gasteiger partial charge in [0, 0.05) is 32.0 Å². The number of carbonyl (C=O) groups is 2. The van der Waals surface area contributed by atoms with Gasteiger partial charge in [-0.15, -0.1) is 10.2 Å². The summed E-state index contributed by atoms with van der Waals surface area (Å²) < 4.78 is 27.3. The van der Waals surface area contributed by atoms with E-state index in [1.54, 1.807) is 24.3 Å². The predicted octanol–water partition coefficient (Wildman–Crippen LogP) is 2.10. The molecule has 1 unspecified atom stereocenters. The standard InChI is InChI=1S/C21H27N5O4S2/c1-14-6-8-17(9-7-14)32(29,30)22-11-10-18-24-25-21(31-18)23-20(28)15-12-19(27)26(13-15)16-4-2-3-5-16/h6-9,15-16,22H,2-5,10-13H2,1H3,(H,23,25,28). The molecular weight excluding hydrogens is 450 g/mol. The topological polar surface area (TPSA) is 121 Å². The maximum atomic E-state index is 12.6. The molecule has 1 saturated heterocycles. The summed E-state index contributed by atoms with van der Waals surface area (Å²) in [4.78, 5) is 27.0. The van der Waals surface area contributed by atoms with Crippen LogP contribution in [0.4, 0.5) is 5.13 Å². The Morgan fingerprint density at radius 2 is 1.91 bits per heavy atom. The summed E-state index contributed by atoms with van der Waals surface area (Å²) in [6, 6.07) is 6.91. The van der Waals surface area contributed by atoms with Gasteiger partial charge in [-0.3, -0.25) is 9.59 Å². The van der Waals surface area contributed by atoms with Crippen molar-refractivity contribution in [2.75, 3.05) is 18.4 Å². The second kappa shape index (κ2) is 9.63. The highest BCUT2D eigenvalue weighted by molar-refractivity contribution is 7.89. The second-order valence-electron chi connectivity index (χ2n) is 8.34. The fourth-order valence-electron chi connectivity index (χ4n) is 4.18. The van der Waals surface area contributed by atoms with Gasteiger partial charge >= 0.3 is 0 Å². The van der Waals surface area contributed by atoms with E-state index in [0.29, 0.717) is 23.1 Å². The lowest BCUT2D eigenvalue weighted by Gasteiger charge is -2.23. The third-order valence-corrected chi connectivity index (χ3v) is 8.33. The van der Waals surface area contributed by atoms with Crippen LogP contribution in [0.3, 0.4) is 0 Å². The number of hydrogen-bond donors (Lipinski definition) is 2. The minimum absolute atomic E-state index is 0.0517. The number of aromatic nitrogens is 2. The number of likely N-dealkylation sites (tertiary alicyclic amines) is 1. The van der Waals surface area contributed by atoms with E-state index >= 15 is 0 Å². The van der Waals surface area contributed by atoms with Gasteiger partial charge in [0.05, 0.1) is 10.8 Å². The number of nitrogens with one attached hydrogen (secondary N) is 2. The number of amides is 2. The largest absolute Gasteiger partial charge is 0.339 e. The van der Waals surface area contributed by atoms with Gasteiger partial charge in [0.1, 0.15) is 5.01 Å². The van der Waals surface area contributed by atoms with Gasteiger partial charge in [-0.2, -0.15) is 0 Å². The summed E-state index contributed by atoms with van der Waals surface area (Å²) in [6.07, 6.45) is 4.91. The molecule has 2 heterocycles. The smallest absolute Gasteiger partial charge is 0.240 e. The van der Waals surface area contributed by atoms with Crippen molar-refractivity contribution in [3.05, 3.63) is 34.8 Å². The molecule has 32 heavy (non-hydrogen) atoms. The van der Waals surface area contributed by atoms with E-state index in [1.165, 1.54) is 11.3 Å². The number of aryl methyl sites for hydroxylation is 1. The highest BCUT2D eigenvalue weighted by Crippen LogP contribution is 2.30. The van der Waals surface area contributed by atoms with Crippen LogP contribution in [-0.4, -0.2) is 54.5 Å². The molecule has 11 heteroatoms. The average Bonchev–Trinajstić information content (AvgIpc) is 3.49. The fraction of sp³-hybridized carbons (Fsp3) is 0.524. The normalized spacial score (nSPS) is 19.6. The Morgan fingerprint density at radius 1 is 1.19 bits per heavy atom. The van der Waals surface area contributed by atoms with Crippen LogP contribution in [0.25, 0.3) is 0 Å². The average molecular weight is 478 g/mol. The zero-order valence-corrected chi connectivity index (χ0v) is 19.5. The van der Waals surface area contributed by atoms with E-state index in [-0.39, 0.29) is 41.6 Å². The molecule has 2 N–H and O–H groups in total. The van der Waals surface area contributed by atoms with Crippen molar-refractivity contribution in [3.8, 4) is 0 Å². The van der Waals surface area contributed by atoms with Crippen molar-refractivity contribution < 1.29 is 18.0 Å². The molecule has 1 aromatic heterocycles. The number of benzene rings is 1. The lowest BCUT2D eigenvalue weighted by atomic mass is 10.1. The first kappa shape index (κ1) is 22.8. The first-order chi connectivity index (χ1) is 15.3. The molecule has 2 amide bonds. The second-order valence-corrected chi connectivity index (χ2v) is 11.2. The van der Waals surface area contributed by atoms with E-state index in [2.05, 4.69) is 20.2 Å². The van der Waals surface area contributed by atoms with Crippen LogP contribution in [0.2, 0.25) is 0 Å². The molecule has 0 bridgehead atoms. The quantitative estimate of drug-likeness (QED) is 0.601. The molecule has 9 nitrogen and oxygen atoms in total. The van der Waals surface area contributed by atoms with Gasteiger partial charge < -0.3 is 10.2 Å². The predicted molar refractivity (Wildman–Crippen MR) is 121 cm³/mol. The minimum Gasteiger partial charge on any atom is -0.339 e. The number of rotatable bonds is 8.